The molecule has 1 amide bonds. The van der Waals surface area contributed by atoms with Crippen LogP contribution in [0.2, 0.25) is 0 Å². The Morgan fingerprint density at radius 1 is 1.29 bits per heavy atom. The van der Waals surface area contributed by atoms with E-state index in [-0.39, 0.29) is 11.8 Å². The van der Waals surface area contributed by atoms with Crippen LogP contribution in [0.5, 0.6) is 0 Å². The number of nitrogens with one attached hydrogen (secondary N) is 1. The zero-order valence-electron chi connectivity index (χ0n) is 12.7. The smallest absolute Gasteiger partial charge is 0.229 e. The molecule has 0 radical (unpaired) electrons. The minimum atomic E-state index is -0.233. The Labute approximate surface area is 126 Å². The lowest BCUT2D eigenvalue weighted by Crippen LogP contribution is -2.50. The van der Waals surface area contributed by atoms with Gasteiger partial charge < -0.3 is 16.0 Å². The van der Waals surface area contributed by atoms with Crippen LogP contribution < -0.4 is 11.1 Å². The van der Waals surface area contributed by atoms with Crippen molar-refractivity contribution in [3.8, 4) is 0 Å². The normalized spacial score (nSPS) is 30.1. The predicted octanol–water partition coefficient (Wildman–Crippen LogP) is 1.47. The maximum absolute atomic E-state index is 12.6. The molecule has 3 N–H and O–H groups in total. The second-order valence-corrected chi connectivity index (χ2v) is 6.43. The number of hydrogen-bond donors (Lipinski definition) is 2. The minimum Gasteiger partial charge on any atom is -0.353 e. The fourth-order valence-corrected chi connectivity index (χ4v) is 3.91. The van der Waals surface area contributed by atoms with E-state index < -0.39 is 0 Å². The lowest BCUT2D eigenvalue weighted by molar-refractivity contribution is -0.123. The Bertz CT molecular complexity index is 476. The Hall–Kier alpha value is -1.39. The second-order valence-electron chi connectivity index (χ2n) is 6.43. The topological polar surface area (TPSA) is 58.4 Å². The standard InChI is InChI=1S/C17H25N3O/c1-20-14-7-8-15(20)10-13(9-14)19-17(21)16(11-18)12-5-3-2-4-6-12/h2-6,13-16H,7-11,18H2,1H3,(H,19,21). The monoisotopic (exact) mass is 287 g/mol. The first-order valence-corrected chi connectivity index (χ1v) is 7.96. The average Bonchev–Trinajstić information content (AvgIpc) is 2.72. The van der Waals surface area contributed by atoms with Crippen molar-refractivity contribution in [3.63, 3.8) is 0 Å². The maximum atomic E-state index is 12.6. The molecule has 0 aromatic heterocycles. The fourth-order valence-electron chi connectivity index (χ4n) is 3.91. The number of carbonyl (C=O) groups is 1. The van der Waals surface area contributed by atoms with Crippen LogP contribution in [0.15, 0.2) is 30.3 Å². The molecule has 3 unspecified atom stereocenters. The summed E-state index contributed by atoms with van der Waals surface area (Å²) >= 11 is 0. The van der Waals surface area contributed by atoms with Gasteiger partial charge in [0.15, 0.2) is 0 Å². The van der Waals surface area contributed by atoms with Gasteiger partial charge in [-0.25, -0.2) is 0 Å². The summed E-state index contributed by atoms with van der Waals surface area (Å²) in [6.07, 6.45) is 4.69. The SMILES string of the molecule is CN1C2CCC1CC(NC(=O)C(CN)c1ccccc1)C2. The van der Waals surface area contributed by atoms with E-state index in [1.54, 1.807) is 0 Å². The zero-order chi connectivity index (χ0) is 14.8. The lowest BCUT2D eigenvalue weighted by Gasteiger charge is -2.37. The van der Waals surface area contributed by atoms with Gasteiger partial charge in [-0.15, -0.1) is 0 Å². The molecule has 21 heavy (non-hydrogen) atoms. The third-order valence-corrected chi connectivity index (χ3v) is 5.20. The first kappa shape index (κ1) is 14.5. The number of hydrogen-bond acceptors (Lipinski definition) is 3. The summed E-state index contributed by atoms with van der Waals surface area (Å²) < 4.78 is 0. The molecule has 4 heteroatoms. The van der Waals surface area contributed by atoms with Crippen molar-refractivity contribution in [2.45, 2.75) is 49.7 Å². The molecule has 114 valence electrons. The molecule has 3 rings (SSSR count). The number of benzene rings is 1. The number of fused-ring (bicyclic) bond motifs is 2. The van der Waals surface area contributed by atoms with Gasteiger partial charge in [-0.3, -0.25) is 4.79 Å². The van der Waals surface area contributed by atoms with Crippen molar-refractivity contribution >= 4 is 5.91 Å². The van der Waals surface area contributed by atoms with Crippen LogP contribution >= 0.6 is 0 Å². The number of nitrogens with zero attached hydrogens (tertiary/aromatic N) is 1. The predicted molar refractivity (Wildman–Crippen MR) is 84.0 cm³/mol. The molecule has 0 aliphatic carbocycles. The first-order chi connectivity index (χ1) is 10.2. The summed E-state index contributed by atoms with van der Waals surface area (Å²) in [5.41, 5.74) is 6.84. The highest BCUT2D eigenvalue weighted by Crippen LogP contribution is 2.34. The highest BCUT2D eigenvalue weighted by molar-refractivity contribution is 5.84. The van der Waals surface area contributed by atoms with E-state index in [1.807, 2.05) is 30.3 Å². The van der Waals surface area contributed by atoms with Crippen molar-refractivity contribution in [2.75, 3.05) is 13.6 Å². The van der Waals surface area contributed by atoms with Crippen molar-refractivity contribution < 1.29 is 4.79 Å². The molecule has 3 atom stereocenters. The van der Waals surface area contributed by atoms with Crippen molar-refractivity contribution in [1.29, 1.82) is 0 Å². The first-order valence-electron chi connectivity index (χ1n) is 7.96. The molecule has 4 nitrogen and oxygen atoms in total. The summed E-state index contributed by atoms with van der Waals surface area (Å²) in [7, 11) is 2.22. The van der Waals surface area contributed by atoms with Gasteiger partial charge >= 0.3 is 0 Å². The van der Waals surface area contributed by atoms with E-state index in [1.165, 1.54) is 12.8 Å². The van der Waals surface area contributed by atoms with Gasteiger partial charge in [-0.05, 0) is 38.3 Å². The van der Waals surface area contributed by atoms with Crippen LogP contribution in [0.25, 0.3) is 0 Å². The molecule has 0 spiro atoms. The number of amides is 1. The summed E-state index contributed by atoms with van der Waals surface area (Å²) in [6, 6.07) is 11.4. The summed E-state index contributed by atoms with van der Waals surface area (Å²) in [6.45, 7) is 0.356. The molecule has 2 aliphatic rings. The quantitative estimate of drug-likeness (QED) is 0.881. The van der Waals surface area contributed by atoms with Crippen LogP contribution in [0.4, 0.5) is 0 Å². The van der Waals surface area contributed by atoms with E-state index in [0.29, 0.717) is 24.7 Å². The number of nitrogens with two attached hydrogens (primary N) is 1. The van der Waals surface area contributed by atoms with Gasteiger partial charge in [-0.2, -0.15) is 0 Å². The van der Waals surface area contributed by atoms with Crippen LogP contribution in [-0.2, 0) is 4.79 Å². The largest absolute Gasteiger partial charge is 0.353 e. The van der Waals surface area contributed by atoms with Gasteiger partial charge in [0.1, 0.15) is 0 Å². The second kappa shape index (κ2) is 6.16. The fraction of sp³-hybridized carbons (Fsp3) is 0.588. The van der Waals surface area contributed by atoms with Gasteiger partial charge in [-0.1, -0.05) is 30.3 Å². The highest BCUT2D eigenvalue weighted by Gasteiger charge is 2.39. The van der Waals surface area contributed by atoms with Crippen LogP contribution in [0.1, 0.15) is 37.2 Å². The van der Waals surface area contributed by atoms with Gasteiger partial charge in [0, 0.05) is 24.7 Å². The van der Waals surface area contributed by atoms with E-state index in [9.17, 15) is 4.79 Å². The van der Waals surface area contributed by atoms with Gasteiger partial charge in [0.05, 0.1) is 5.92 Å². The molecular formula is C17H25N3O. The molecule has 2 fully saturated rings. The third kappa shape index (κ3) is 2.97. The molecule has 0 saturated carbocycles. The van der Waals surface area contributed by atoms with Crippen LogP contribution in [-0.4, -0.2) is 42.5 Å². The summed E-state index contributed by atoms with van der Waals surface area (Å²) in [5, 5.41) is 3.24. The van der Waals surface area contributed by atoms with E-state index >= 15 is 0 Å². The summed E-state index contributed by atoms with van der Waals surface area (Å²) in [5.74, 6) is -0.152. The molecule has 2 heterocycles. The average molecular weight is 287 g/mol. The van der Waals surface area contributed by atoms with Crippen LogP contribution in [0.3, 0.4) is 0 Å². The van der Waals surface area contributed by atoms with Crippen LogP contribution in [0, 0.1) is 0 Å². The number of carbonyl (C=O) groups excluding carboxylic acids is 1. The molecular weight excluding hydrogens is 262 g/mol. The summed E-state index contributed by atoms with van der Waals surface area (Å²) in [4.78, 5) is 15.0. The number of piperidine rings is 1. The third-order valence-electron chi connectivity index (χ3n) is 5.20. The molecule has 2 aliphatic heterocycles. The lowest BCUT2D eigenvalue weighted by atomic mass is 9.94. The Kier molecular flexibility index (Phi) is 4.27. The number of rotatable bonds is 4. The van der Waals surface area contributed by atoms with Gasteiger partial charge in [0.2, 0.25) is 5.91 Å². The highest BCUT2D eigenvalue weighted by atomic mass is 16.2. The molecule has 2 bridgehead atoms. The van der Waals surface area contributed by atoms with Crippen molar-refractivity contribution in [1.82, 2.24) is 10.2 Å². The maximum Gasteiger partial charge on any atom is 0.229 e. The zero-order valence-corrected chi connectivity index (χ0v) is 12.7. The van der Waals surface area contributed by atoms with E-state index in [4.69, 9.17) is 5.73 Å². The molecule has 2 saturated heterocycles. The Balaban J connectivity index is 1.63. The van der Waals surface area contributed by atoms with Gasteiger partial charge in [0.25, 0.3) is 0 Å². The Morgan fingerprint density at radius 3 is 2.48 bits per heavy atom. The van der Waals surface area contributed by atoms with Crippen molar-refractivity contribution in [2.24, 2.45) is 5.73 Å². The molecule has 1 aromatic carbocycles. The Morgan fingerprint density at radius 2 is 1.90 bits per heavy atom. The minimum absolute atomic E-state index is 0.0812. The molecule has 1 aromatic rings. The van der Waals surface area contributed by atoms with E-state index in [2.05, 4.69) is 17.3 Å². The van der Waals surface area contributed by atoms with E-state index in [0.717, 1.165) is 18.4 Å². The van der Waals surface area contributed by atoms with Crippen molar-refractivity contribution in [3.05, 3.63) is 35.9 Å².